The molecule has 1 amide bonds. The van der Waals surface area contributed by atoms with Crippen LogP contribution in [0.1, 0.15) is 0 Å². The van der Waals surface area contributed by atoms with Gasteiger partial charge in [0.25, 0.3) is 0 Å². The van der Waals surface area contributed by atoms with Crippen molar-refractivity contribution in [3.63, 3.8) is 0 Å². The van der Waals surface area contributed by atoms with Crippen molar-refractivity contribution in [2.45, 2.75) is 6.04 Å². The zero-order valence-electron chi connectivity index (χ0n) is 8.53. The molecule has 0 radical (unpaired) electrons. The first kappa shape index (κ1) is 9.86. The lowest BCUT2D eigenvalue weighted by molar-refractivity contribution is -0.117. The lowest BCUT2D eigenvalue weighted by Gasteiger charge is -2.40. The summed E-state index contributed by atoms with van der Waals surface area (Å²) in [6, 6.07) is 3.30. The van der Waals surface area contributed by atoms with E-state index in [1.54, 1.807) is 12.1 Å². The summed E-state index contributed by atoms with van der Waals surface area (Å²) in [5, 5.41) is 6.49. The molecule has 2 aliphatic heterocycles. The second kappa shape index (κ2) is 3.61. The average Bonchev–Trinajstić information content (AvgIpc) is 2.31. The van der Waals surface area contributed by atoms with E-state index in [2.05, 4.69) is 15.6 Å². The first-order valence-electron chi connectivity index (χ1n) is 5.20. The molecule has 3 heterocycles. The number of hydrogen-bond acceptors (Lipinski definition) is 4. The lowest BCUT2D eigenvalue weighted by Crippen LogP contribution is -2.59. The third kappa shape index (κ3) is 1.44. The van der Waals surface area contributed by atoms with Gasteiger partial charge in [0.2, 0.25) is 5.91 Å². The van der Waals surface area contributed by atoms with Gasteiger partial charge >= 0.3 is 0 Å². The van der Waals surface area contributed by atoms with Crippen molar-refractivity contribution in [3.05, 3.63) is 17.3 Å². The number of nitrogens with one attached hydrogen (secondary N) is 2. The van der Waals surface area contributed by atoms with Crippen LogP contribution >= 0.6 is 11.6 Å². The van der Waals surface area contributed by atoms with Crippen molar-refractivity contribution in [2.24, 2.45) is 0 Å². The molecule has 0 bridgehead atoms. The molecule has 2 aliphatic rings. The Balaban J connectivity index is 2.07. The zero-order chi connectivity index (χ0) is 11.1. The lowest BCUT2D eigenvalue weighted by atomic mass is 10.1. The largest absolute Gasteiger partial charge is 0.340 e. The van der Waals surface area contributed by atoms with Crippen LogP contribution in [-0.2, 0) is 4.79 Å². The minimum atomic E-state index is -0.174. The van der Waals surface area contributed by atoms with Crippen LogP contribution in [0.25, 0.3) is 0 Å². The van der Waals surface area contributed by atoms with E-state index in [-0.39, 0.29) is 11.9 Å². The molecule has 5 nitrogen and oxygen atoms in total. The van der Waals surface area contributed by atoms with Crippen molar-refractivity contribution in [2.75, 3.05) is 29.9 Å². The molecule has 1 unspecified atom stereocenters. The molecule has 6 heteroatoms. The van der Waals surface area contributed by atoms with Gasteiger partial charge in [-0.1, -0.05) is 11.6 Å². The fourth-order valence-corrected chi connectivity index (χ4v) is 2.29. The van der Waals surface area contributed by atoms with Gasteiger partial charge in [-0.25, -0.2) is 4.98 Å². The van der Waals surface area contributed by atoms with Crippen LogP contribution in [-0.4, -0.2) is 36.6 Å². The number of carbonyl (C=O) groups is 1. The fourth-order valence-electron chi connectivity index (χ4n) is 2.15. The molecule has 0 spiro atoms. The summed E-state index contributed by atoms with van der Waals surface area (Å²) in [7, 11) is 0. The van der Waals surface area contributed by atoms with Gasteiger partial charge in [-0.2, -0.15) is 0 Å². The van der Waals surface area contributed by atoms with E-state index < -0.39 is 0 Å². The van der Waals surface area contributed by atoms with E-state index in [9.17, 15) is 4.79 Å². The van der Waals surface area contributed by atoms with Crippen LogP contribution < -0.4 is 15.5 Å². The third-order valence-electron chi connectivity index (χ3n) is 2.92. The Morgan fingerprint density at radius 3 is 3.25 bits per heavy atom. The smallest absolute Gasteiger partial charge is 0.248 e. The highest BCUT2D eigenvalue weighted by atomic mass is 35.5. The molecule has 1 saturated heterocycles. The number of amides is 1. The van der Waals surface area contributed by atoms with Crippen LogP contribution in [0.3, 0.4) is 0 Å². The average molecular weight is 239 g/mol. The topological polar surface area (TPSA) is 57.3 Å². The molecule has 0 saturated carbocycles. The summed E-state index contributed by atoms with van der Waals surface area (Å²) in [4.78, 5) is 18.1. The number of anilines is 2. The van der Waals surface area contributed by atoms with Crippen LogP contribution in [0.5, 0.6) is 0 Å². The predicted molar refractivity (Wildman–Crippen MR) is 61.9 cm³/mol. The summed E-state index contributed by atoms with van der Waals surface area (Å²) in [5.74, 6) is 0.794. The van der Waals surface area contributed by atoms with E-state index >= 15 is 0 Å². The van der Waals surface area contributed by atoms with Gasteiger partial charge in [-0.15, -0.1) is 0 Å². The maximum absolute atomic E-state index is 11.8. The van der Waals surface area contributed by atoms with Gasteiger partial charge in [0.05, 0.1) is 5.69 Å². The Bertz CT molecular complexity index is 450. The van der Waals surface area contributed by atoms with Crippen molar-refractivity contribution in [3.8, 4) is 0 Å². The number of aromatic nitrogens is 1. The molecule has 2 N–H and O–H groups in total. The van der Waals surface area contributed by atoms with Gasteiger partial charge in [-0.05, 0) is 12.1 Å². The molecule has 16 heavy (non-hydrogen) atoms. The minimum Gasteiger partial charge on any atom is -0.340 e. The Morgan fingerprint density at radius 2 is 2.38 bits per heavy atom. The highest BCUT2D eigenvalue weighted by Crippen LogP contribution is 2.31. The van der Waals surface area contributed by atoms with E-state index in [1.165, 1.54) is 0 Å². The highest BCUT2D eigenvalue weighted by Gasteiger charge is 2.35. The Morgan fingerprint density at radius 1 is 1.50 bits per heavy atom. The Kier molecular flexibility index (Phi) is 2.22. The van der Waals surface area contributed by atoms with Gasteiger partial charge in [0.15, 0.2) is 5.82 Å². The number of rotatable bonds is 0. The summed E-state index contributed by atoms with van der Waals surface area (Å²) < 4.78 is 0. The third-order valence-corrected chi connectivity index (χ3v) is 3.13. The molecule has 0 aromatic carbocycles. The SMILES string of the molecule is O=C1Nc2ccc(Cl)nc2N2CCNCC12. The van der Waals surface area contributed by atoms with E-state index in [1.807, 2.05) is 4.90 Å². The van der Waals surface area contributed by atoms with Gasteiger partial charge in [0.1, 0.15) is 11.2 Å². The second-order valence-corrected chi connectivity index (χ2v) is 4.29. The van der Waals surface area contributed by atoms with Crippen LogP contribution in [0.2, 0.25) is 5.15 Å². The zero-order valence-corrected chi connectivity index (χ0v) is 9.29. The Labute approximate surface area is 97.8 Å². The van der Waals surface area contributed by atoms with Crippen molar-refractivity contribution >= 4 is 29.0 Å². The molecule has 0 aliphatic carbocycles. The van der Waals surface area contributed by atoms with E-state index in [0.29, 0.717) is 11.7 Å². The maximum Gasteiger partial charge on any atom is 0.248 e. The van der Waals surface area contributed by atoms with Crippen LogP contribution in [0, 0.1) is 0 Å². The number of hydrogen-bond donors (Lipinski definition) is 2. The Hall–Kier alpha value is -1.33. The molecular formula is C10H11ClN4O. The molecule has 1 aromatic heterocycles. The van der Waals surface area contributed by atoms with Crippen molar-refractivity contribution in [1.82, 2.24) is 10.3 Å². The first-order chi connectivity index (χ1) is 7.75. The summed E-state index contributed by atoms with van der Waals surface area (Å²) in [5.41, 5.74) is 0.743. The molecular weight excluding hydrogens is 228 g/mol. The number of pyridine rings is 1. The fraction of sp³-hybridized carbons (Fsp3) is 0.400. The second-order valence-electron chi connectivity index (χ2n) is 3.91. The monoisotopic (exact) mass is 238 g/mol. The number of halogens is 1. The molecule has 1 atom stereocenters. The normalized spacial score (nSPS) is 23.4. The van der Waals surface area contributed by atoms with E-state index in [0.717, 1.165) is 24.6 Å². The molecule has 84 valence electrons. The number of carbonyl (C=O) groups excluding carboxylic acids is 1. The summed E-state index contributed by atoms with van der Waals surface area (Å²) in [6.45, 7) is 2.29. The predicted octanol–water partition coefficient (Wildman–Crippen LogP) is 0.465. The van der Waals surface area contributed by atoms with Gasteiger partial charge in [-0.3, -0.25) is 4.79 Å². The van der Waals surface area contributed by atoms with E-state index in [4.69, 9.17) is 11.6 Å². The van der Waals surface area contributed by atoms with Crippen molar-refractivity contribution < 1.29 is 4.79 Å². The van der Waals surface area contributed by atoms with Crippen LogP contribution in [0.15, 0.2) is 12.1 Å². The molecule has 3 rings (SSSR count). The summed E-state index contributed by atoms with van der Waals surface area (Å²) in [6.07, 6.45) is 0. The van der Waals surface area contributed by atoms with Crippen molar-refractivity contribution in [1.29, 1.82) is 0 Å². The van der Waals surface area contributed by atoms with Crippen LogP contribution in [0.4, 0.5) is 11.5 Å². The highest BCUT2D eigenvalue weighted by molar-refractivity contribution is 6.29. The van der Waals surface area contributed by atoms with Gasteiger partial charge < -0.3 is 15.5 Å². The van der Waals surface area contributed by atoms with Gasteiger partial charge in [0, 0.05) is 19.6 Å². The molecule has 1 aromatic rings. The first-order valence-corrected chi connectivity index (χ1v) is 5.58. The summed E-state index contributed by atoms with van der Waals surface area (Å²) >= 11 is 5.88. The number of piperazine rings is 1. The molecule has 1 fully saturated rings. The quantitative estimate of drug-likeness (QED) is 0.645. The number of fused-ring (bicyclic) bond motifs is 3. The number of nitrogens with zero attached hydrogens (tertiary/aromatic N) is 2. The standard InChI is InChI=1S/C10H11ClN4O/c11-8-2-1-6-9(14-8)15-4-3-12-5-7(15)10(16)13-6/h1-2,7,12H,3-5H2,(H,13,16). The minimum absolute atomic E-state index is 0.0174. The maximum atomic E-state index is 11.8.